The molecule has 23 heavy (non-hydrogen) atoms. The summed E-state index contributed by atoms with van der Waals surface area (Å²) >= 11 is 0. The van der Waals surface area contributed by atoms with Gasteiger partial charge in [-0.25, -0.2) is 0 Å². The van der Waals surface area contributed by atoms with Gasteiger partial charge in [0.25, 0.3) is 0 Å². The zero-order chi connectivity index (χ0) is 16.8. The third kappa shape index (κ3) is 4.42. The molecule has 0 heterocycles. The highest BCUT2D eigenvalue weighted by molar-refractivity contribution is 6.39. The summed E-state index contributed by atoms with van der Waals surface area (Å²) in [5.41, 5.74) is 2.64. The highest BCUT2D eigenvalue weighted by Gasteiger charge is 2.18. The Morgan fingerprint density at radius 1 is 0.826 bits per heavy atom. The molecule has 0 aliphatic rings. The highest BCUT2D eigenvalue weighted by Crippen LogP contribution is 2.23. The fourth-order valence-electron chi connectivity index (χ4n) is 2.38. The van der Waals surface area contributed by atoms with E-state index in [2.05, 4.69) is 10.6 Å². The van der Waals surface area contributed by atoms with Gasteiger partial charge in [-0.3, -0.25) is 9.59 Å². The van der Waals surface area contributed by atoms with Gasteiger partial charge in [0, 0.05) is 5.69 Å². The average molecular weight is 310 g/mol. The smallest absolute Gasteiger partial charge is 0.313 e. The van der Waals surface area contributed by atoms with Crippen LogP contribution in [0.4, 0.5) is 5.69 Å². The summed E-state index contributed by atoms with van der Waals surface area (Å²) in [6.45, 7) is 5.94. The standard InChI is InChI=1S/C19H22N2O2/c1-13(2)16-11-7-8-12-17(16)21-19(23)18(22)20-14(3)15-9-5-4-6-10-15/h4-14H,1-3H3,(H,20,22)(H,21,23). The maximum atomic E-state index is 12.1. The van der Waals surface area contributed by atoms with Gasteiger partial charge >= 0.3 is 11.8 Å². The Kier molecular flexibility index (Phi) is 5.52. The Bertz CT molecular complexity index is 681. The summed E-state index contributed by atoms with van der Waals surface area (Å²) < 4.78 is 0. The van der Waals surface area contributed by atoms with Gasteiger partial charge in [0.2, 0.25) is 0 Å². The monoisotopic (exact) mass is 310 g/mol. The van der Waals surface area contributed by atoms with Crippen molar-refractivity contribution in [3.8, 4) is 0 Å². The quantitative estimate of drug-likeness (QED) is 0.847. The Morgan fingerprint density at radius 2 is 1.43 bits per heavy atom. The largest absolute Gasteiger partial charge is 0.341 e. The molecule has 2 aromatic rings. The first-order valence-corrected chi connectivity index (χ1v) is 7.74. The van der Waals surface area contributed by atoms with Crippen LogP contribution in [0, 0.1) is 0 Å². The summed E-state index contributed by atoms with van der Waals surface area (Å²) in [5.74, 6) is -1.03. The van der Waals surface area contributed by atoms with Gasteiger partial charge in [-0.1, -0.05) is 62.4 Å². The number of hydrogen-bond donors (Lipinski definition) is 2. The van der Waals surface area contributed by atoms with E-state index in [0.29, 0.717) is 5.69 Å². The van der Waals surface area contributed by atoms with E-state index in [0.717, 1.165) is 11.1 Å². The van der Waals surface area contributed by atoms with Crippen molar-refractivity contribution in [1.82, 2.24) is 5.32 Å². The predicted molar refractivity (Wildman–Crippen MR) is 92.2 cm³/mol. The van der Waals surface area contributed by atoms with Crippen LogP contribution in [0.15, 0.2) is 54.6 Å². The summed E-state index contributed by atoms with van der Waals surface area (Å²) in [7, 11) is 0. The van der Waals surface area contributed by atoms with Crippen LogP contribution < -0.4 is 10.6 Å². The third-order valence-corrected chi connectivity index (χ3v) is 3.68. The first-order valence-electron chi connectivity index (χ1n) is 7.74. The van der Waals surface area contributed by atoms with Crippen LogP contribution in [0.3, 0.4) is 0 Å². The third-order valence-electron chi connectivity index (χ3n) is 3.68. The average Bonchev–Trinajstić information content (AvgIpc) is 2.55. The van der Waals surface area contributed by atoms with Crippen LogP contribution in [0.2, 0.25) is 0 Å². The van der Waals surface area contributed by atoms with Crippen molar-refractivity contribution in [1.29, 1.82) is 0 Å². The summed E-state index contributed by atoms with van der Waals surface area (Å²) in [4.78, 5) is 24.2. The lowest BCUT2D eigenvalue weighted by Crippen LogP contribution is -2.37. The van der Waals surface area contributed by atoms with Gasteiger partial charge in [-0.05, 0) is 30.0 Å². The van der Waals surface area contributed by atoms with Crippen molar-refractivity contribution in [2.75, 3.05) is 5.32 Å². The van der Waals surface area contributed by atoms with E-state index in [1.165, 1.54) is 0 Å². The lowest BCUT2D eigenvalue weighted by Gasteiger charge is -2.16. The van der Waals surface area contributed by atoms with Crippen molar-refractivity contribution in [2.24, 2.45) is 0 Å². The van der Waals surface area contributed by atoms with Crippen molar-refractivity contribution in [3.05, 3.63) is 65.7 Å². The van der Waals surface area contributed by atoms with Crippen molar-refractivity contribution < 1.29 is 9.59 Å². The van der Waals surface area contributed by atoms with E-state index in [4.69, 9.17) is 0 Å². The van der Waals surface area contributed by atoms with Crippen LogP contribution in [0.1, 0.15) is 43.9 Å². The molecule has 2 amide bonds. The lowest BCUT2D eigenvalue weighted by atomic mass is 10.0. The number of amides is 2. The van der Waals surface area contributed by atoms with Crippen molar-refractivity contribution in [2.45, 2.75) is 32.7 Å². The Morgan fingerprint density at radius 3 is 2.09 bits per heavy atom. The van der Waals surface area contributed by atoms with Gasteiger partial charge in [0.05, 0.1) is 6.04 Å². The minimum atomic E-state index is -0.652. The van der Waals surface area contributed by atoms with E-state index >= 15 is 0 Å². The molecule has 0 radical (unpaired) electrons. The maximum absolute atomic E-state index is 12.1. The number of rotatable bonds is 4. The van der Waals surface area contributed by atoms with Crippen molar-refractivity contribution in [3.63, 3.8) is 0 Å². The normalized spacial score (nSPS) is 11.8. The Labute approximate surface area is 136 Å². The molecule has 0 fully saturated rings. The molecule has 0 saturated heterocycles. The number of anilines is 1. The molecule has 1 atom stereocenters. The van der Waals surface area contributed by atoms with Gasteiger partial charge in [0.15, 0.2) is 0 Å². The molecule has 0 saturated carbocycles. The van der Waals surface area contributed by atoms with E-state index < -0.39 is 11.8 Å². The van der Waals surface area contributed by atoms with Crippen LogP contribution in [0.25, 0.3) is 0 Å². The number of carbonyl (C=O) groups excluding carboxylic acids is 2. The van der Waals surface area contributed by atoms with Crippen LogP contribution in [0.5, 0.6) is 0 Å². The van der Waals surface area contributed by atoms with E-state index in [1.54, 1.807) is 6.07 Å². The molecule has 2 N–H and O–H groups in total. The van der Waals surface area contributed by atoms with E-state index in [1.807, 2.05) is 69.3 Å². The van der Waals surface area contributed by atoms with Crippen LogP contribution in [-0.4, -0.2) is 11.8 Å². The van der Waals surface area contributed by atoms with Gasteiger partial charge in [0.1, 0.15) is 0 Å². The zero-order valence-electron chi connectivity index (χ0n) is 13.7. The van der Waals surface area contributed by atoms with E-state index in [-0.39, 0.29) is 12.0 Å². The molecular formula is C19H22N2O2. The summed E-state index contributed by atoms with van der Waals surface area (Å²) in [6.07, 6.45) is 0. The molecule has 0 aliphatic heterocycles. The number of hydrogen-bond acceptors (Lipinski definition) is 2. The Hall–Kier alpha value is -2.62. The van der Waals surface area contributed by atoms with Crippen molar-refractivity contribution >= 4 is 17.5 Å². The molecule has 4 nitrogen and oxygen atoms in total. The first-order chi connectivity index (χ1) is 11.0. The zero-order valence-corrected chi connectivity index (χ0v) is 13.7. The number of nitrogens with one attached hydrogen (secondary N) is 2. The molecule has 2 aromatic carbocycles. The fraction of sp³-hybridized carbons (Fsp3) is 0.263. The second-order valence-electron chi connectivity index (χ2n) is 5.80. The lowest BCUT2D eigenvalue weighted by molar-refractivity contribution is -0.136. The number of benzene rings is 2. The summed E-state index contributed by atoms with van der Waals surface area (Å²) in [6, 6.07) is 16.8. The minimum absolute atomic E-state index is 0.227. The maximum Gasteiger partial charge on any atom is 0.313 e. The fourth-order valence-corrected chi connectivity index (χ4v) is 2.38. The number of para-hydroxylation sites is 1. The minimum Gasteiger partial charge on any atom is -0.341 e. The Balaban J connectivity index is 2.02. The molecule has 0 aromatic heterocycles. The molecule has 1 unspecified atom stereocenters. The molecule has 0 aliphatic carbocycles. The van der Waals surface area contributed by atoms with Gasteiger partial charge in [-0.15, -0.1) is 0 Å². The number of carbonyl (C=O) groups is 2. The molecule has 120 valence electrons. The molecular weight excluding hydrogens is 288 g/mol. The van der Waals surface area contributed by atoms with Crippen LogP contribution >= 0.6 is 0 Å². The highest BCUT2D eigenvalue weighted by atomic mass is 16.2. The molecule has 4 heteroatoms. The summed E-state index contributed by atoms with van der Waals surface area (Å²) in [5, 5.41) is 5.41. The second kappa shape index (κ2) is 7.58. The van der Waals surface area contributed by atoms with Crippen LogP contribution in [-0.2, 0) is 9.59 Å². The first kappa shape index (κ1) is 16.7. The molecule has 2 rings (SSSR count). The second-order valence-corrected chi connectivity index (χ2v) is 5.80. The predicted octanol–water partition coefficient (Wildman–Crippen LogP) is 3.63. The molecule has 0 bridgehead atoms. The SMILES string of the molecule is CC(C)c1ccccc1NC(=O)C(=O)NC(C)c1ccccc1. The van der Waals surface area contributed by atoms with E-state index in [9.17, 15) is 9.59 Å². The molecule has 0 spiro atoms. The topological polar surface area (TPSA) is 58.2 Å². The van der Waals surface area contributed by atoms with Gasteiger partial charge < -0.3 is 10.6 Å². The van der Waals surface area contributed by atoms with Gasteiger partial charge in [-0.2, -0.15) is 0 Å².